The Labute approximate surface area is 253 Å². The number of H-pyrrole nitrogens is 1. The first-order chi connectivity index (χ1) is 20.7. The molecule has 0 aliphatic heterocycles. The molecule has 0 atom stereocenters. The second kappa shape index (κ2) is 13.5. The summed E-state index contributed by atoms with van der Waals surface area (Å²) in [6.07, 6.45) is 9.35. The van der Waals surface area contributed by atoms with Crippen molar-refractivity contribution in [1.82, 2.24) is 15.3 Å². The fraction of sp³-hybridized carbons (Fsp3) is 0.457. The van der Waals surface area contributed by atoms with Crippen LogP contribution in [0.5, 0.6) is 5.88 Å². The number of rotatable bonds is 11. The number of pyridine rings is 1. The molecule has 0 bridgehead atoms. The summed E-state index contributed by atoms with van der Waals surface area (Å²) in [4.78, 5) is 34.9. The topological polar surface area (TPSA) is 117 Å². The van der Waals surface area contributed by atoms with E-state index in [1.807, 2.05) is 26.0 Å². The first-order valence-electron chi connectivity index (χ1n) is 15.6. The summed E-state index contributed by atoms with van der Waals surface area (Å²) in [6, 6.07) is 10.7. The Kier molecular flexibility index (Phi) is 9.53. The molecule has 3 aromatic heterocycles. The van der Waals surface area contributed by atoms with Crippen LogP contribution in [0.15, 0.2) is 47.1 Å². The summed E-state index contributed by atoms with van der Waals surface area (Å²) in [5, 5.41) is 14.6. The quantitative estimate of drug-likeness (QED) is 0.154. The normalized spacial score (nSPS) is 14.1. The molecule has 3 N–H and O–H groups in total. The summed E-state index contributed by atoms with van der Waals surface area (Å²) < 4.78 is 11.1. The first kappa shape index (κ1) is 30.4. The number of benzene rings is 1. The Morgan fingerprint density at radius 1 is 1.09 bits per heavy atom. The van der Waals surface area contributed by atoms with E-state index in [1.54, 1.807) is 30.5 Å². The Hall–Kier alpha value is -4.07. The van der Waals surface area contributed by atoms with Gasteiger partial charge in [-0.3, -0.25) is 4.79 Å². The maximum atomic E-state index is 13.9. The minimum atomic E-state index is -0.441. The van der Waals surface area contributed by atoms with Crippen LogP contribution in [0.2, 0.25) is 0 Å². The van der Waals surface area contributed by atoms with Gasteiger partial charge in [0.25, 0.3) is 5.91 Å². The number of hydrogen-bond acceptors (Lipinski definition) is 6. The number of aromatic hydroxyl groups is 1. The van der Waals surface area contributed by atoms with Gasteiger partial charge in [-0.1, -0.05) is 71.9 Å². The number of nitrogens with one attached hydrogen (secondary N) is 2. The summed E-state index contributed by atoms with van der Waals surface area (Å²) in [6.45, 7) is 8.67. The minimum Gasteiger partial charge on any atom is -0.494 e. The van der Waals surface area contributed by atoms with E-state index in [0.29, 0.717) is 56.9 Å². The Morgan fingerprint density at radius 2 is 1.84 bits per heavy atom. The lowest BCUT2D eigenvalue weighted by atomic mass is 9.84. The van der Waals surface area contributed by atoms with Crippen molar-refractivity contribution >= 4 is 22.8 Å². The molecule has 0 radical (unpaired) electrons. The number of hydrogen-bond donors (Lipinski definition) is 3. The predicted octanol–water partition coefficient (Wildman–Crippen LogP) is 7.91. The average Bonchev–Trinajstić information content (AvgIpc) is 3.65. The molecule has 8 nitrogen and oxygen atoms in total. The van der Waals surface area contributed by atoms with Crippen LogP contribution in [0.25, 0.3) is 22.0 Å². The number of aryl methyl sites for hydroxylation is 1. The number of aromatic nitrogens is 2. The van der Waals surface area contributed by atoms with E-state index < -0.39 is 5.97 Å². The van der Waals surface area contributed by atoms with Crippen LogP contribution in [0.3, 0.4) is 0 Å². The van der Waals surface area contributed by atoms with Crippen LogP contribution in [0.1, 0.15) is 110 Å². The second-order valence-electron chi connectivity index (χ2n) is 12.4. The molecule has 228 valence electrons. The molecule has 5 rings (SSSR count). The van der Waals surface area contributed by atoms with Crippen LogP contribution in [-0.4, -0.2) is 33.6 Å². The van der Waals surface area contributed by atoms with Gasteiger partial charge in [-0.2, -0.15) is 0 Å². The predicted molar refractivity (Wildman–Crippen MR) is 167 cm³/mol. The SMILES string of the molecule is CC(C)COC(=O)c1c(CCC2CCCCC2)nc2c(C(C)C)[nH]c(O)c2c1-c1ccc(C(=O)NCc2ccco2)cc1. The molecule has 43 heavy (non-hydrogen) atoms. The van der Waals surface area contributed by atoms with E-state index in [2.05, 4.69) is 24.1 Å². The highest BCUT2D eigenvalue weighted by Gasteiger charge is 2.29. The van der Waals surface area contributed by atoms with Gasteiger partial charge in [0.1, 0.15) is 5.76 Å². The van der Waals surface area contributed by atoms with E-state index in [0.717, 1.165) is 12.1 Å². The van der Waals surface area contributed by atoms with Crippen molar-refractivity contribution in [2.75, 3.05) is 6.61 Å². The zero-order chi connectivity index (χ0) is 30.5. The van der Waals surface area contributed by atoms with Crippen molar-refractivity contribution in [3.63, 3.8) is 0 Å². The maximum absolute atomic E-state index is 13.9. The van der Waals surface area contributed by atoms with E-state index in [4.69, 9.17) is 14.1 Å². The van der Waals surface area contributed by atoms with E-state index in [1.165, 1.54) is 32.1 Å². The molecular weight excluding hydrogens is 542 g/mol. The summed E-state index contributed by atoms with van der Waals surface area (Å²) >= 11 is 0. The van der Waals surface area contributed by atoms with Gasteiger partial charge in [0.2, 0.25) is 0 Å². The highest BCUT2D eigenvalue weighted by atomic mass is 16.5. The van der Waals surface area contributed by atoms with Crippen LogP contribution < -0.4 is 5.32 Å². The summed E-state index contributed by atoms with van der Waals surface area (Å²) in [5.41, 5.74) is 4.34. The average molecular weight is 586 g/mol. The third-order valence-electron chi connectivity index (χ3n) is 8.30. The van der Waals surface area contributed by atoms with Crippen molar-refractivity contribution in [2.24, 2.45) is 11.8 Å². The Morgan fingerprint density at radius 3 is 2.49 bits per heavy atom. The molecule has 1 aliphatic rings. The number of nitrogens with zero attached hydrogens (tertiary/aromatic N) is 1. The van der Waals surface area contributed by atoms with Crippen LogP contribution in [0, 0.1) is 11.8 Å². The lowest BCUT2D eigenvalue weighted by molar-refractivity contribution is 0.0458. The number of furan rings is 1. The van der Waals surface area contributed by atoms with Crippen LogP contribution >= 0.6 is 0 Å². The standard InChI is InChI=1S/C35H43N3O5/c1-21(2)20-43-35(41)29-27(17-12-23-9-6-5-7-10-23)37-32-30(34(40)38-31(32)22(3)4)28(29)24-13-15-25(16-14-24)33(39)36-19-26-11-8-18-42-26/h8,11,13-16,18,21-23,38,40H,5-7,9-10,12,17,19-20H2,1-4H3,(H,36,39). The number of carbonyl (C=O) groups excluding carboxylic acids is 2. The fourth-order valence-electron chi connectivity index (χ4n) is 6.02. The van der Waals surface area contributed by atoms with Gasteiger partial charge >= 0.3 is 5.97 Å². The highest BCUT2D eigenvalue weighted by Crippen LogP contribution is 2.42. The maximum Gasteiger partial charge on any atom is 0.340 e. The molecule has 1 saturated carbocycles. The summed E-state index contributed by atoms with van der Waals surface area (Å²) in [5.74, 6) is 0.813. The van der Waals surface area contributed by atoms with Crippen molar-refractivity contribution in [3.8, 4) is 17.0 Å². The van der Waals surface area contributed by atoms with Crippen molar-refractivity contribution in [1.29, 1.82) is 0 Å². The van der Waals surface area contributed by atoms with Crippen molar-refractivity contribution in [2.45, 2.75) is 85.1 Å². The number of amides is 1. The van der Waals surface area contributed by atoms with Gasteiger partial charge in [0.05, 0.1) is 41.6 Å². The number of fused-ring (bicyclic) bond motifs is 1. The van der Waals surface area contributed by atoms with Crippen molar-refractivity contribution in [3.05, 3.63) is 70.9 Å². The van der Waals surface area contributed by atoms with Crippen molar-refractivity contribution < 1.29 is 23.8 Å². The fourth-order valence-corrected chi connectivity index (χ4v) is 6.02. The number of ether oxygens (including phenoxy) is 1. The van der Waals surface area contributed by atoms with Gasteiger partial charge in [-0.05, 0) is 60.4 Å². The largest absolute Gasteiger partial charge is 0.494 e. The molecule has 8 heteroatoms. The Balaban J connectivity index is 1.59. The molecule has 1 fully saturated rings. The summed E-state index contributed by atoms with van der Waals surface area (Å²) in [7, 11) is 0. The molecule has 4 aromatic rings. The highest BCUT2D eigenvalue weighted by molar-refractivity contribution is 6.10. The smallest absolute Gasteiger partial charge is 0.340 e. The molecule has 1 aliphatic carbocycles. The van der Waals surface area contributed by atoms with Crippen LogP contribution in [0.4, 0.5) is 0 Å². The third-order valence-corrected chi connectivity index (χ3v) is 8.30. The molecule has 3 heterocycles. The monoisotopic (exact) mass is 585 g/mol. The number of aromatic amines is 1. The molecule has 0 spiro atoms. The molecule has 0 saturated heterocycles. The molecule has 0 unspecified atom stereocenters. The molecule has 1 amide bonds. The van der Waals surface area contributed by atoms with E-state index in [9.17, 15) is 14.7 Å². The Bertz CT molecular complexity index is 1540. The number of carbonyl (C=O) groups is 2. The lowest BCUT2D eigenvalue weighted by Gasteiger charge is -2.22. The molecule has 1 aromatic carbocycles. The first-order valence-corrected chi connectivity index (χ1v) is 15.6. The minimum absolute atomic E-state index is 0.0294. The van der Waals surface area contributed by atoms with E-state index >= 15 is 0 Å². The number of esters is 1. The lowest BCUT2D eigenvalue weighted by Crippen LogP contribution is -2.22. The van der Waals surface area contributed by atoms with Crippen LogP contribution in [-0.2, 0) is 17.7 Å². The van der Waals surface area contributed by atoms with Gasteiger partial charge in [0.15, 0.2) is 5.88 Å². The van der Waals surface area contributed by atoms with Gasteiger partial charge in [0, 0.05) is 16.8 Å². The van der Waals surface area contributed by atoms with Gasteiger partial charge in [-0.15, -0.1) is 0 Å². The molecular formula is C35H43N3O5. The van der Waals surface area contributed by atoms with Gasteiger partial charge in [-0.25, -0.2) is 9.78 Å². The van der Waals surface area contributed by atoms with E-state index in [-0.39, 0.29) is 36.8 Å². The zero-order valence-corrected chi connectivity index (χ0v) is 25.7. The van der Waals surface area contributed by atoms with Gasteiger partial charge < -0.3 is 24.6 Å². The third kappa shape index (κ3) is 6.95. The zero-order valence-electron chi connectivity index (χ0n) is 25.7. The second-order valence-corrected chi connectivity index (χ2v) is 12.4.